The summed E-state index contributed by atoms with van der Waals surface area (Å²) in [6.07, 6.45) is 1.47. The Hall–Kier alpha value is -0.420. The van der Waals surface area contributed by atoms with E-state index in [0.29, 0.717) is 6.10 Å². The number of hydrogen-bond donors (Lipinski definition) is 1. The van der Waals surface area contributed by atoms with Gasteiger partial charge in [-0.2, -0.15) is 0 Å². The van der Waals surface area contributed by atoms with Crippen LogP contribution in [-0.2, 0) is 11.3 Å². The summed E-state index contributed by atoms with van der Waals surface area (Å²) < 4.78 is 6.88. The normalized spacial score (nSPS) is 19.9. The molecule has 0 aliphatic carbocycles. The maximum absolute atomic E-state index is 5.72. The maximum atomic E-state index is 5.72. The molecule has 19 heavy (non-hydrogen) atoms. The van der Waals surface area contributed by atoms with E-state index in [9.17, 15) is 0 Å². The number of rotatable bonds is 5. The van der Waals surface area contributed by atoms with E-state index in [2.05, 4.69) is 58.3 Å². The van der Waals surface area contributed by atoms with Crippen molar-refractivity contribution in [2.45, 2.75) is 26.0 Å². The van der Waals surface area contributed by atoms with E-state index in [1.807, 2.05) is 0 Å². The van der Waals surface area contributed by atoms with Crippen molar-refractivity contribution < 1.29 is 4.74 Å². The standard InChI is InChI=1S/C15H23BrN2O/c1-12-3-4-14(16)9-13(12)11-18(2)7-5-15-10-17-6-8-19-15/h3-4,9,15,17H,5-8,10-11H2,1-2H3. The van der Waals surface area contributed by atoms with Crippen LogP contribution in [0.15, 0.2) is 22.7 Å². The van der Waals surface area contributed by atoms with Gasteiger partial charge < -0.3 is 15.0 Å². The predicted octanol–water partition coefficient (Wildman–Crippen LogP) is 2.57. The summed E-state index contributed by atoms with van der Waals surface area (Å²) in [7, 11) is 2.18. The topological polar surface area (TPSA) is 24.5 Å². The number of halogens is 1. The summed E-state index contributed by atoms with van der Waals surface area (Å²) in [5, 5.41) is 3.38. The summed E-state index contributed by atoms with van der Waals surface area (Å²) in [5.74, 6) is 0. The summed E-state index contributed by atoms with van der Waals surface area (Å²) in [6, 6.07) is 6.48. The number of ether oxygens (including phenoxy) is 1. The lowest BCUT2D eigenvalue weighted by Gasteiger charge is -2.26. The molecule has 1 saturated heterocycles. The highest BCUT2D eigenvalue weighted by atomic mass is 79.9. The Balaban J connectivity index is 1.80. The SMILES string of the molecule is Cc1ccc(Br)cc1CN(C)CCC1CNCCO1. The lowest BCUT2D eigenvalue weighted by molar-refractivity contribution is 0.0184. The molecule has 1 N–H and O–H groups in total. The van der Waals surface area contributed by atoms with Gasteiger partial charge >= 0.3 is 0 Å². The van der Waals surface area contributed by atoms with Gasteiger partial charge in [-0.05, 0) is 43.7 Å². The molecule has 1 aliphatic rings. The molecule has 3 nitrogen and oxygen atoms in total. The second-order valence-electron chi connectivity index (χ2n) is 5.29. The Bertz CT molecular complexity index is 405. The van der Waals surface area contributed by atoms with Gasteiger partial charge in [0.05, 0.1) is 12.7 Å². The van der Waals surface area contributed by atoms with Crippen LogP contribution >= 0.6 is 15.9 Å². The number of hydrogen-bond acceptors (Lipinski definition) is 3. The van der Waals surface area contributed by atoms with Crippen molar-refractivity contribution in [1.29, 1.82) is 0 Å². The molecule has 2 rings (SSSR count). The molecule has 1 atom stereocenters. The van der Waals surface area contributed by atoms with Crippen molar-refractivity contribution in [2.24, 2.45) is 0 Å². The van der Waals surface area contributed by atoms with E-state index in [0.717, 1.165) is 43.7 Å². The fourth-order valence-corrected chi connectivity index (χ4v) is 2.76. The van der Waals surface area contributed by atoms with Crippen LogP contribution in [-0.4, -0.2) is 44.3 Å². The van der Waals surface area contributed by atoms with Gasteiger partial charge in [0.15, 0.2) is 0 Å². The molecule has 0 bridgehead atoms. The first-order chi connectivity index (χ1) is 9.15. The Kier molecular flexibility index (Phi) is 5.82. The highest BCUT2D eigenvalue weighted by molar-refractivity contribution is 9.10. The summed E-state index contributed by atoms with van der Waals surface area (Å²) in [5.41, 5.74) is 2.74. The van der Waals surface area contributed by atoms with Crippen molar-refractivity contribution >= 4 is 15.9 Å². The lowest BCUT2D eigenvalue weighted by Crippen LogP contribution is -2.40. The van der Waals surface area contributed by atoms with Gasteiger partial charge in [-0.15, -0.1) is 0 Å². The van der Waals surface area contributed by atoms with Crippen LogP contribution in [0.25, 0.3) is 0 Å². The first-order valence-corrected chi connectivity index (χ1v) is 7.70. The highest BCUT2D eigenvalue weighted by Crippen LogP contribution is 2.17. The Morgan fingerprint density at radius 1 is 1.47 bits per heavy atom. The minimum Gasteiger partial charge on any atom is -0.376 e. The first kappa shape index (κ1) is 15.0. The number of benzene rings is 1. The first-order valence-electron chi connectivity index (χ1n) is 6.91. The Labute approximate surface area is 124 Å². The molecular weight excluding hydrogens is 304 g/mol. The van der Waals surface area contributed by atoms with Crippen LogP contribution in [0.5, 0.6) is 0 Å². The number of nitrogens with one attached hydrogen (secondary N) is 1. The molecule has 0 spiro atoms. The largest absolute Gasteiger partial charge is 0.376 e. The zero-order chi connectivity index (χ0) is 13.7. The van der Waals surface area contributed by atoms with Crippen LogP contribution in [0, 0.1) is 6.92 Å². The second kappa shape index (κ2) is 7.39. The molecule has 1 fully saturated rings. The van der Waals surface area contributed by atoms with E-state index >= 15 is 0 Å². The van der Waals surface area contributed by atoms with Gasteiger partial charge in [0.25, 0.3) is 0 Å². The van der Waals surface area contributed by atoms with E-state index < -0.39 is 0 Å². The molecule has 1 heterocycles. The molecule has 0 aromatic heterocycles. The molecule has 106 valence electrons. The van der Waals surface area contributed by atoms with Crippen LogP contribution in [0.3, 0.4) is 0 Å². The fraction of sp³-hybridized carbons (Fsp3) is 0.600. The molecule has 1 unspecified atom stereocenters. The monoisotopic (exact) mass is 326 g/mol. The van der Waals surface area contributed by atoms with Gasteiger partial charge in [-0.1, -0.05) is 22.0 Å². The zero-order valence-corrected chi connectivity index (χ0v) is 13.4. The molecule has 1 aromatic carbocycles. The summed E-state index contributed by atoms with van der Waals surface area (Å²) >= 11 is 3.54. The second-order valence-corrected chi connectivity index (χ2v) is 6.21. The Morgan fingerprint density at radius 3 is 3.05 bits per heavy atom. The average molecular weight is 327 g/mol. The van der Waals surface area contributed by atoms with Gasteiger partial charge in [0.1, 0.15) is 0 Å². The van der Waals surface area contributed by atoms with Gasteiger partial charge in [0.2, 0.25) is 0 Å². The molecule has 0 radical (unpaired) electrons. The van der Waals surface area contributed by atoms with E-state index in [-0.39, 0.29) is 0 Å². The zero-order valence-electron chi connectivity index (χ0n) is 11.8. The molecule has 4 heteroatoms. The van der Waals surface area contributed by atoms with Crippen LogP contribution < -0.4 is 5.32 Å². The Morgan fingerprint density at radius 2 is 2.32 bits per heavy atom. The maximum Gasteiger partial charge on any atom is 0.0712 e. The minimum absolute atomic E-state index is 0.375. The van der Waals surface area contributed by atoms with Gasteiger partial charge in [-0.25, -0.2) is 0 Å². The van der Waals surface area contributed by atoms with Crippen molar-refractivity contribution in [3.63, 3.8) is 0 Å². The van der Waals surface area contributed by atoms with Gasteiger partial charge in [-0.3, -0.25) is 0 Å². The molecule has 1 aromatic rings. The summed E-state index contributed by atoms with van der Waals surface area (Å²) in [6.45, 7) is 7.06. The van der Waals surface area contributed by atoms with Crippen LogP contribution in [0.1, 0.15) is 17.5 Å². The van der Waals surface area contributed by atoms with E-state index in [4.69, 9.17) is 4.74 Å². The van der Waals surface area contributed by atoms with Crippen molar-refractivity contribution in [2.75, 3.05) is 33.3 Å². The molecule has 1 aliphatic heterocycles. The molecule has 0 amide bonds. The highest BCUT2D eigenvalue weighted by Gasteiger charge is 2.14. The quantitative estimate of drug-likeness (QED) is 0.900. The van der Waals surface area contributed by atoms with Gasteiger partial charge in [0, 0.05) is 30.7 Å². The smallest absolute Gasteiger partial charge is 0.0712 e. The fourth-order valence-electron chi connectivity index (χ4n) is 2.35. The van der Waals surface area contributed by atoms with Crippen LogP contribution in [0.2, 0.25) is 0 Å². The summed E-state index contributed by atoms with van der Waals surface area (Å²) in [4.78, 5) is 2.37. The molecule has 0 saturated carbocycles. The average Bonchev–Trinajstić information content (AvgIpc) is 2.42. The predicted molar refractivity (Wildman–Crippen MR) is 82.4 cm³/mol. The third-order valence-corrected chi connectivity index (χ3v) is 4.08. The third-order valence-electron chi connectivity index (χ3n) is 3.59. The van der Waals surface area contributed by atoms with Crippen molar-refractivity contribution in [1.82, 2.24) is 10.2 Å². The minimum atomic E-state index is 0.375. The van der Waals surface area contributed by atoms with Crippen LogP contribution in [0.4, 0.5) is 0 Å². The van der Waals surface area contributed by atoms with E-state index in [1.54, 1.807) is 0 Å². The lowest BCUT2D eigenvalue weighted by atomic mass is 10.1. The number of nitrogens with zero attached hydrogens (tertiary/aromatic N) is 1. The van der Waals surface area contributed by atoms with Crippen molar-refractivity contribution in [3.8, 4) is 0 Å². The van der Waals surface area contributed by atoms with E-state index in [1.165, 1.54) is 11.1 Å². The van der Waals surface area contributed by atoms with Crippen molar-refractivity contribution in [3.05, 3.63) is 33.8 Å². The third kappa shape index (κ3) is 4.88. The number of morpholine rings is 1. The number of aryl methyl sites for hydroxylation is 1. The molecular formula is C15H23BrN2O.